The van der Waals surface area contributed by atoms with Crippen LogP contribution >= 0.6 is 0 Å². The Morgan fingerprint density at radius 1 is 1.06 bits per heavy atom. The summed E-state index contributed by atoms with van der Waals surface area (Å²) in [6, 6.07) is 16.0. The first-order valence-electron chi connectivity index (χ1n) is 11.2. The molecule has 0 unspecified atom stereocenters. The minimum atomic E-state index is -0.851. The van der Waals surface area contributed by atoms with Gasteiger partial charge < -0.3 is 14.7 Å². The summed E-state index contributed by atoms with van der Waals surface area (Å²) in [5.41, 5.74) is 4.46. The zero-order valence-electron chi connectivity index (χ0n) is 17.7. The average molecular weight is 420 g/mol. The molecule has 0 saturated heterocycles. The summed E-state index contributed by atoms with van der Waals surface area (Å²) in [5, 5.41) is 23.9. The molecule has 2 aromatic carbocycles. The molecule has 1 aliphatic rings. The summed E-state index contributed by atoms with van der Waals surface area (Å²) in [4.78, 5) is 11.8. The Morgan fingerprint density at radius 3 is 2.65 bits per heavy atom. The molecule has 31 heavy (non-hydrogen) atoms. The maximum atomic E-state index is 11.8. The van der Waals surface area contributed by atoms with Gasteiger partial charge in [0.15, 0.2) is 0 Å². The van der Waals surface area contributed by atoms with Crippen LogP contribution in [0.3, 0.4) is 0 Å². The van der Waals surface area contributed by atoms with Gasteiger partial charge in [-0.15, -0.1) is 0 Å². The highest BCUT2D eigenvalue weighted by Gasteiger charge is 2.23. The summed E-state index contributed by atoms with van der Waals surface area (Å²) < 4.78 is 6.05. The molecule has 0 amide bonds. The first kappa shape index (κ1) is 21.2. The molecule has 0 radical (unpaired) electrons. The van der Waals surface area contributed by atoms with Gasteiger partial charge in [0.25, 0.3) is 0 Å². The lowest BCUT2D eigenvalue weighted by Crippen LogP contribution is -2.19. The fraction of sp³-hybridized carbons (Fsp3) is 0.385. The van der Waals surface area contributed by atoms with Crippen LogP contribution in [0.15, 0.2) is 58.1 Å². The summed E-state index contributed by atoms with van der Waals surface area (Å²) in [6.07, 6.45) is 7.76. The lowest BCUT2D eigenvalue weighted by Gasteiger charge is -2.13. The molecule has 3 aromatic rings. The Balaban J connectivity index is 1.41. The van der Waals surface area contributed by atoms with E-state index >= 15 is 0 Å². The molecule has 0 saturated carbocycles. The Bertz CT molecular complexity index is 1070. The van der Waals surface area contributed by atoms with Crippen molar-refractivity contribution in [2.24, 2.45) is 11.1 Å². The Labute approximate surface area is 182 Å². The fourth-order valence-electron chi connectivity index (χ4n) is 4.57. The van der Waals surface area contributed by atoms with Crippen LogP contribution in [-0.2, 0) is 24.1 Å². The third-order valence-electron chi connectivity index (χ3n) is 6.31. The third-order valence-corrected chi connectivity index (χ3v) is 6.31. The minimum Gasteiger partial charge on any atom is -0.481 e. The number of hydrogen-bond acceptors (Lipinski definition) is 4. The summed E-state index contributed by atoms with van der Waals surface area (Å²) in [5.74, 6) is -0.375. The molecule has 1 heterocycles. The number of rotatable bonds is 9. The van der Waals surface area contributed by atoms with Crippen LogP contribution in [0.4, 0.5) is 0 Å². The zero-order valence-corrected chi connectivity index (χ0v) is 17.7. The van der Waals surface area contributed by atoms with E-state index < -0.39 is 11.9 Å². The van der Waals surface area contributed by atoms with Gasteiger partial charge in [0.1, 0.15) is 11.3 Å². The number of carboxylic acid groups (broad SMARTS) is 1. The van der Waals surface area contributed by atoms with Crippen LogP contribution in [-0.4, -0.2) is 22.0 Å². The standard InChI is InChI=1S/C26H29NO4/c28-26(29)20(11-5-4-10-18-8-2-1-3-9-18)16-23(27-30)19-14-15-22-21-12-6-7-13-24(21)31-25(22)17-19/h1-3,8-9,14-15,17,20,30H,4-7,10-13,16H2,(H,28,29)/t20-/m0/s1. The number of unbranched alkanes of at least 4 members (excludes halogenated alkanes) is 1. The number of carboxylic acids is 1. The second kappa shape index (κ2) is 9.82. The number of hydrogen-bond donors (Lipinski definition) is 2. The molecule has 5 heteroatoms. The number of aryl methyl sites for hydroxylation is 3. The number of nitrogens with zero attached hydrogens (tertiary/aromatic N) is 1. The monoisotopic (exact) mass is 419 g/mol. The van der Waals surface area contributed by atoms with Crippen LogP contribution in [0.2, 0.25) is 0 Å². The normalized spacial score (nSPS) is 15.0. The molecular weight excluding hydrogens is 390 g/mol. The maximum Gasteiger partial charge on any atom is 0.306 e. The van der Waals surface area contributed by atoms with Crippen molar-refractivity contribution in [3.8, 4) is 0 Å². The molecule has 0 bridgehead atoms. The van der Waals surface area contributed by atoms with Gasteiger partial charge >= 0.3 is 5.97 Å². The van der Waals surface area contributed by atoms with Crippen molar-refractivity contribution in [2.75, 3.05) is 0 Å². The van der Waals surface area contributed by atoms with Crippen LogP contribution in [0.1, 0.15) is 61.0 Å². The molecule has 0 aliphatic heterocycles. The van der Waals surface area contributed by atoms with Gasteiger partial charge in [0.2, 0.25) is 0 Å². The number of carbonyl (C=O) groups is 1. The van der Waals surface area contributed by atoms with Gasteiger partial charge in [-0.05, 0) is 50.2 Å². The van der Waals surface area contributed by atoms with E-state index in [1.165, 1.54) is 17.5 Å². The van der Waals surface area contributed by atoms with E-state index in [0.29, 0.717) is 12.1 Å². The average Bonchev–Trinajstić information content (AvgIpc) is 3.17. The zero-order chi connectivity index (χ0) is 21.6. The van der Waals surface area contributed by atoms with Crippen molar-refractivity contribution < 1.29 is 19.5 Å². The molecule has 0 fully saturated rings. The SMILES string of the molecule is O=C(O)[C@@H](CCCCc1ccccc1)CC(=NO)c1ccc2c3c(oc2c1)CCCC3. The number of fused-ring (bicyclic) bond motifs is 3. The summed E-state index contributed by atoms with van der Waals surface area (Å²) in [6.45, 7) is 0. The van der Waals surface area contributed by atoms with Gasteiger partial charge in [-0.25, -0.2) is 0 Å². The lowest BCUT2D eigenvalue weighted by atomic mass is 9.91. The van der Waals surface area contributed by atoms with Crippen LogP contribution < -0.4 is 0 Å². The van der Waals surface area contributed by atoms with E-state index in [1.54, 1.807) is 0 Å². The molecule has 1 aliphatic carbocycles. The summed E-state index contributed by atoms with van der Waals surface area (Å²) in [7, 11) is 0. The molecule has 4 rings (SSSR count). The number of oxime groups is 1. The van der Waals surface area contributed by atoms with E-state index in [1.807, 2.05) is 36.4 Å². The van der Waals surface area contributed by atoms with E-state index in [4.69, 9.17) is 4.42 Å². The fourth-order valence-corrected chi connectivity index (χ4v) is 4.57. The Kier molecular flexibility index (Phi) is 6.70. The highest BCUT2D eigenvalue weighted by atomic mass is 16.4. The highest BCUT2D eigenvalue weighted by molar-refractivity contribution is 6.04. The maximum absolute atomic E-state index is 11.8. The van der Waals surface area contributed by atoms with Gasteiger partial charge in [0, 0.05) is 29.4 Å². The van der Waals surface area contributed by atoms with Gasteiger partial charge in [-0.1, -0.05) is 54.0 Å². The van der Waals surface area contributed by atoms with Crippen molar-refractivity contribution in [3.05, 3.63) is 71.0 Å². The van der Waals surface area contributed by atoms with Gasteiger partial charge in [-0.2, -0.15) is 0 Å². The van der Waals surface area contributed by atoms with Crippen LogP contribution in [0, 0.1) is 5.92 Å². The first-order valence-corrected chi connectivity index (χ1v) is 11.2. The largest absolute Gasteiger partial charge is 0.481 e. The van der Waals surface area contributed by atoms with E-state index in [-0.39, 0.29) is 6.42 Å². The molecule has 1 atom stereocenters. The molecule has 5 nitrogen and oxygen atoms in total. The van der Waals surface area contributed by atoms with E-state index in [9.17, 15) is 15.1 Å². The second-order valence-corrected chi connectivity index (χ2v) is 8.44. The highest BCUT2D eigenvalue weighted by Crippen LogP contribution is 2.33. The van der Waals surface area contributed by atoms with Gasteiger partial charge in [-0.3, -0.25) is 4.79 Å². The number of furan rings is 1. The van der Waals surface area contributed by atoms with E-state index in [2.05, 4.69) is 17.3 Å². The van der Waals surface area contributed by atoms with Gasteiger partial charge in [0.05, 0.1) is 11.6 Å². The molecule has 2 N–H and O–H groups in total. The molecule has 1 aromatic heterocycles. The topological polar surface area (TPSA) is 83.0 Å². The molecule has 0 spiro atoms. The predicted molar refractivity (Wildman–Crippen MR) is 121 cm³/mol. The Hall–Kier alpha value is -3.08. The lowest BCUT2D eigenvalue weighted by molar-refractivity contribution is -0.141. The smallest absolute Gasteiger partial charge is 0.306 e. The van der Waals surface area contributed by atoms with Crippen LogP contribution in [0.5, 0.6) is 0 Å². The van der Waals surface area contributed by atoms with Crippen LogP contribution in [0.25, 0.3) is 11.0 Å². The van der Waals surface area contributed by atoms with Crippen molar-refractivity contribution >= 4 is 22.7 Å². The van der Waals surface area contributed by atoms with Crippen molar-refractivity contribution in [2.45, 2.75) is 57.8 Å². The Morgan fingerprint density at radius 2 is 1.87 bits per heavy atom. The third kappa shape index (κ3) is 4.98. The minimum absolute atomic E-state index is 0.198. The van der Waals surface area contributed by atoms with Crippen molar-refractivity contribution in [3.63, 3.8) is 0 Å². The molecule has 162 valence electrons. The number of benzene rings is 2. The molecular formula is C26H29NO4. The quantitative estimate of drug-likeness (QED) is 0.193. The number of aliphatic carboxylic acids is 1. The van der Waals surface area contributed by atoms with Crippen molar-refractivity contribution in [1.82, 2.24) is 0 Å². The predicted octanol–water partition coefficient (Wildman–Crippen LogP) is 5.99. The summed E-state index contributed by atoms with van der Waals surface area (Å²) >= 11 is 0. The van der Waals surface area contributed by atoms with E-state index in [0.717, 1.165) is 60.8 Å². The van der Waals surface area contributed by atoms with Crippen molar-refractivity contribution in [1.29, 1.82) is 0 Å². The second-order valence-electron chi connectivity index (χ2n) is 8.44. The first-order chi connectivity index (χ1) is 15.2.